The molecule has 0 spiro atoms. The van der Waals surface area contributed by atoms with Gasteiger partial charge in [-0.2, -0.15) is 0 Å². The van der Waals surface area contributed by atoms with Crippen LogP contribution in [0, 0.1) is 5.82 Å². The molecule has 1 saturated heterocycles. The number of nitrogens with one attached hydrogen (secondary N) is 3. The van der Waals surface area contributed by atoms with E-state index < -0.39 is 5.60 Å². The van der Waals surface area contributed by atoms with Gasteiger partial charge in [0.2, 0.25) is 11.9 Å². The van der Waals surface area contributed by atoms with Crippen LogP contribution in [0.2, 0.25) is 0 Å². The van der Waals surface area contributed by atoms with E-state index in [2.05, 4.69) is 20.6 Å². The molecule has 4 aromatic rings. The van der Waals surface area contributed by atoms with Crippen LogP contribution in [-0.4, -0.2) is 68.2 Å². The predicted octanol–water partition coefficient (Wildman–Crippen LogP) is 3.73. The highest BCUT2D eigenvalue weighted by Gasteiger charge is 2.31. The standard InChI is InChI=1S/C32H37FN8O4/c1-32(2,3)45-31(44)40-14-12-39(13-15-40)30-38-26-9-8-24(20-4-6-22(33)7-5-20)37-28(26)29(43)41(30)19-27(42)35-18-23-16-21-17-34-11-10-25(21)36-23/h4-7,10-11,16-17,24,36-37H,8-9,12-15,18-19H2,1-3H3,(H,35,42). The van der Waals surface area contributed by atoms with Crippen LogP contribution in [0.25, 0.3) is 10.9 Å². The Morgan fingerprint density at radius 2 is 1.87 bits per heavy atom. The van der Waals surface area contributed by atoms with Crippen LogP contribution in [0.15, 0.2) is 53.6 Å². The number of H-pyrrole nitrogens is 1. The van der Waals surface area contributed by atoms with Gasteiger partial charge in [0.15, 0.2) is 0 Å². The van der Waals surface area contributed by atoms with E-state index >= 15 is 0 Å². The van der Waals surface area contributed by atoms with Crippen LogP contribution >= 0.6 is 0 Å². The predicted molar refractivity (Wildman–Crippen MR) is 168 cm³/mol. The minimum atomic E-state index is -0.607. The van der Waals surface area contributed by atoms with Crippen LogP contribution in [0.5, 0.6) is 0 Å². The Balaban J connectivity index is 1.24. The van der Waals surface area contributed by atoms with Crippen LogP contribution in [0.1, 0.15) is 50.2 Å². The second-order valence-corrected chi connectivity index (χ2v) is 12.4. The lowest BCUT2D eigenvalue weighted by Gasteiger charge is -2.37. The number of fused-ring (bicyclic) bond motifs is 2. The minimum absolute atomic E-state index is 0.199. The van der Waals surface area contributed by atoms with E-state index in [-0.39, 0.29) is 42.5 Å². The monoisotopic (exact) mass is 616 g/mol. The lowest BCUT2D eigenvalue weighted by molar-refractivity contribution is -0.121. The number of nitrogens with zero attached hydrogens (tertiary/aromatic N) is 5. The Labute approximate surface area is 259 Å². The Morgan fingerprint density at radius 3 is 2.58 bits per heavy atom. The molecule has 0 radical (unpaired) electrons. The van der Waals surface area contributed by atoms with Gasteiger partial charge in [0, 0.05) is 55.2 Å². The summed E-state index contributed by atoms with van der Waals surface area (Å²) >= 11 is 0. The van der Waals surface area contributed by atoms with E-state index in [1.165, 1.54) is 16.7 Å². The van der Waals surface area contributed by atoms with E-state index in [1.807, 2.05) is 37.8 Å². The summed E-state index contributed by atoms with van der Waals surface area (Å²) < 4.78 is 20.5. The molecular weight excluding hydrogens is 579 g/mol. The summed E-state index contributed by atoms with van der Waals surface area (Å²) in [6.45, 7) is 7.08. The van der Waals surface area contributed by atoms with E-state index in [0.29, 0.717) is 56.4 Å². The first-order chi connectivity index (χ1) is 21.5. The van der Waals surface area contributed by atoms with Crippen LogP contribution < -0.4 is 21.1 Å². The molecule has 0 bridgehead atoms. The number of anilines is 2. The molecular formula is C32H37FN8O4. The van der Waals surface area contributed by atoms with Crippen molar-refractivity contribution in [3.05, 3.63) is 81.9 Å². The summed E-state index contributed by atoms with van der Waals surface area (Å²) in [6, 6.07) is 9.79. The van der Waals surface area contributed by atoms with Crippen molar-refractivity contribution in [1.82, 2.24) is 29.7 Å². The number of amides is 2. The molecule has 0 saturated carbocycles. The number of rotatable bonds is 6. The quantitative estimate of drug-likeness (QED) is 0.298. The van der Waals surface area contributed by atoms with Gasteiger partial charge < -0.3 is 30.2 Å². The molecule has 1 aromatic carbocycles. The summed E-state index contributed by atoms with van der Waals surface area (Å²) in [5, 5.41) is 7.16. The largest absolute Gasteiger partial charge is 0.444 e. The molecule has 45 heavy (non-hydrogen) atoms. The summed E-state index contributed by atoms with van der Waals surface area (Å²) in [5.74, 6) is -0.294. The highest BCUT2D eigenvalue weighted by Crippen LogP contribution is 2.31. The van der Waals surface area contributed by atoms with Crippen molar-refractivity contribution in [2.45, 2.75) is 58.3 Å². The van der Waals surface area contributed by atoms with Gasteiger partial charge in [-0.1, -0.05) is 12.1 Å². The van der Waals surface area contributed by atoms with E-state index in [1.54, 1.807) is 29.4 Å². The van der Waals surface area contributed by atoms with Crippen molar-refractivity contribution in [2.24, 2.45) is 0 Å². The molecule has 0 aliphatic carbocycles. The molecule has 2 aliphatic rings. The third-order valence-electron chi connectivity index (χ3n) is 7.95. The SMILES string of the molecule is CC(C)(C)OC(=O)N1CCN(c2nc3c(c(=O)n2CC(=O)NCc2cc4cnccc4[nH]2)NC(c2ccc(F)cc2)CC3)CC1. The second-order valence-electron chi connectivity index (χ2n) is 12.4. The number of hydrogen-bond donors (Lipinski definition) is 3. The van der Waals surface area contributed by atoms with Gasteiger partial charge in [-0.15, -0.1) is 0 Å². The number of carbonyl (C=O) groups is 2. The maximum Gasteiger partial charge on any atom is 0.410 e. The number of carbonyl (C=O) groups excluding carboxylic acids is 2. The summed E-state index contributed by atoms with van der Waals surface area (Å²) in [5.41, 5.74) is 2.58. The van der Waals surface area contributed by atoms with Crippen molar-refractivity contribution in [1.29, 1.82) is 0 Å². The number of aromatic amines is 1. The van der Waals surface area contributed by atoms with Crippen molar-refractivity contribution in [3.8, 4) is 0 Å². The zero-order chi connectivity index (χ0) is 31.7. The van der Waals surface area contributed by atoms with Crippen molar-refractivity contribution in [2.75, 3.05) is 36.4 Å². The van der Waals surface area contributed by atoms with Crippen molar-refractivity contribution in [3.63, 3.8) is 0 Å². The van der Waals surface area contributed by atoms with Crippen LogP contribution in [0.4, 0.5) is 20.8 Å². The zero-order valence-corrected chi connectivity index (χ0v) is 25.6. The number of ether oxygens (including phenoxy) is 1. The van der Waals surface area contributed by atoms with E-state index in [4.69, 9.17) is 9.72 Å². The molecule has 6 rings (SSSR count). The number of piperazine rings is 1. The number of aryl methyl sites for hydroxylation is 1. The van der Waals surface area contributed by atoms with Gasteiger partial charge in [0.1, 0.15) is 23.7 Å². The molecule has 1 atom stereocenters. The van der Waals surface area contributed by atoms with E-state index in [9.17, 15) is 18.8 Å². The van der Waals surface area contributed by atoms with Gasteiger partial charge in [0.25, 0.3) is 5.56 Å². The topological polar surface area (TPSA) is 137 Å². The maximum atomic E-state index is 14.1. The van der Waals surface area contributed by atoms with Gasteiger partial charge in [0.05, 0.1) is 18.3 Å². The summed E-state index contributed by atoms with van der Waals surface area (Å²) in [6.07, 6.45) is 4.26. The molecule has 3 aromatic heterocycles. The average Bonchev–Trinajstić information content (AvgIpc) is 3.44. The Kier molecular flexibility index (Phi) is 8.17. The minimum Gasteiger partial charge on any atom is -0.444 e. The zero-order valence-electron chi connectivity index (χ0n) is 25.6. The molecule has 2 amide bonds. The van der Waals surface area contributed by atoms with Crippen molar-refractivity contribution >= 4 is 34.5 Å². The fourth-order valence-electron chi connectivity index (χ4n) is 5.70. The first-order valence-corrected chi connectivity index (χ1v) is 15.1. The molecule has 12 nitrogen and oxygen atoms in total. The average molecular weight is 617 g/mol. The highest BCUT2D eigenvalue weighted by atomic mass is 19.1. The highest BCUT2D eigenvalue weighted by molar-refractivity contribution is 5.80. The fourth-order valence-corrected chi connectivity index (χ4v) is 5.70. The molecule has 13 heteroatoms. The fraction of sp³-hybridized carbons (Fsp3) is 0.406. The van der Waals surface area contributed by atoms with Gasteiger partial charge in [-0.3, -0.25) is 19.1 Å². The molecule has 3 N–H and O–H groups in total. The Morgan fingerprint density at radius 1 is 1.11 bits per heavy atom. The number of pyridine rings is 1. The van der Waals surface area contributed by atoms with Crippen LogP contribution in [-0.2, 0) is 29.0 Å². The van der Waals surface area contributed by atoms with Crippen molar-refractivity contribution < 1.29 is 18.7 Å². The lowest BCUT2D eigenvalue weighted by atomic mass is 9.96. The Bertz CT molecular complexity index is 1740. The molecule has 236 valence electrons. The van der Waals surface area contributed by atoms with Gasteiger partial charge in [-0.25, -0.2) is 14.2 Å². The molecule has 1 unspecified atom stereocenters. The van der Waals surface area contributed by atoms with Crippen LogP contribution in [0.3, 0.4) is 0 Å². The maximum absolute atomic E-state index is 14.1. The lowest BCUT2D eigenvalue weighted by Crippen LogP contribution is -2.52. The first-order valence-electron chi connectivity index (χ1n) is 15.1. The second kappa shape index (κ2) is 12.2. The third kappa shape index (κ3) is 6.76. The molecule has 5 heterocycles. The smallest absolute Gasteiger partial charge is 0.410 e. The number of benzene rings is 1. The summed E-state index contributed by atoms with van der Waals surface area (Å²) in [7, 11) is 0. The first kappa shape index (κ1) is 30.1. The Hall–Kier alpha value is -4.94. The molecule has 1 fully saturated rings. The normalized spacial score (nSPS) is 16.7. The summed E-state index contributed by atoms with van der Waals surface area (Å²) in [4.78, 5) is 55.9. The molecule has 2 aliphatic heterocycles. The number of aromatic nitrogens is 4. The van der Waals surface area contributed by atoms with E-state index in [0.717, 1.165) is 22.2 Å². The van der Waals surface area contributed by atoms with Gasteiger partial charge in [-0.05, 0) is 63.4 Å². The number of hydrogen-bond acceptors (Lipinski definition) is 8. The third-order valence-corrected chi connectivity index (χ3v) is 7.95. The number of halogens is 1. The van der Waals surface area contributed by atoms with Gasteiger partial charge >= 0.3 is 6.09 Å².